The Hall–Kier alpha value is -2.52. The fourth-order valence-electron chi connectivity index (χ4n) is 2.03. The van der Waals surface area contributed by atoms with Gasteiger partial charge in [0.1, 0.15) is 4.92 Å². The fraction of sp³-hybridized carbons (Fsp3) is 0.0667. The quantitative estimate of drug-likeness (QED) is 0.374. The molecule has 24 heavy (non-hydrogen) atoms. The van der Waals surface area contributed by atoms with Crippen LogP contribution in [0.15, 0.2) is 60.8 Å². The highest BCUT2D eigenvalue weighted by molar-refractivity contribution is 9.10. The van der Waals surface area contributed by atoms with Crippen LogP contribution in [0.2, 0.25) is 0 Å². The van der Waals surface area contributed by atoms with Crippen molar-refractivity contribution in [3.63, 3.8) is 0 Å². The third-order valence-corrected chi connectivity index (χ3v) is 4.49. The third kappa shape index (κ3) is 3.36. The van der Waals surface area contributed by atoms with Crippen molar-refractivity contribution in [3.05, 3.63) is 66.9 Å². The molecule has 0 aliphatic heterocycles. The molecule has 0 atom stereocenters. The van der Waals surface area contributed by atoms with Crippen molar-refractivity contribution in [1.82, 2.24) is 4.68 Å². The van der Waals surface area contributed by atoms with Gasteiger partial charge >= 0.3 is 5.88 Å². The summed E-state index contributed by atoms with van der Waals surface area (Å²) in [6.45, 7) is 0. The summed E-state index contributed by atoms with van der Waals surface area (Å²) in [6.07, 6.45) is 1.43. The predicted octanol–water partition coefficient (Wildman–Crippen LogP) is 3.89. The maximum Gasteiger partial charge on any atom is 0.433 e. The van der Waals surface area contributed by atoms with Crippen molar-refractivity contribution in [3.8, 4) is 11.3 Å². The van der Waals surface area contributed by atoms with Crippen LogP contribution in [0.5, 0.6) is 0 Å². The number of halogens is 1. The Kier molecular flexibility index (Phi) is 4.72. The Morgan fingerprint density at radius 3 is 2.88 bits per heavy atom. The third-order valence-electron chi connectivity index (χ3n) is 3.09. The van der Waals surface area contributed by atoms with Gasteiger partial charge in [-0.3, -0.25) is 15.1 Å². The van der Waals surface area contributed by atoms with Crippen LogP contribution in [0.3, 0.4) is 0 Å². The lowest BCUT2D eigenvalue weighted by Gasteiger charge is -2.03. The van der Waals surface area contributed by atoms with Crippen LogP contribution in [0.4, 0.5) is 5.88 Å². The van der Waals surface area contributed by atoms with Gasteiger partial charge in [-0.1, -0.05) is 28.1 Å². The second-order valence-corrected chi connectivity index (χ2v) is 6.38. The first-order valence-corrected chi connectivity index (χ1v) is 8.43. The van der Waals surface area contributed by atoms with Gasteiger partial charge in [0, 0.05) is 22.5 Å². The molecule has 0 N–H and O–H groups in total. The summed E-state index contributed by atoms with van der Waals surface area (Å²) in [5.41, 5.74) is 1.83. The summed E-state index contributed by atoms with van der Waals surface area (Å²) >= 11 is 4.90. The first kappa shape index (κ1) is 16.3. The van der Waals surface area contributed by atoms with E-state index in [1.807, 2.05) is 29.6 Å². The molecule has 0 saturated heterocycles. The molecule has 2 aromatic heterocycles. The lowest BCUT2D eigenvalue weighted by molar-refractivity contribution is -0.402. The molecule has 122 valence electrons. The maximum absolute atomic E-state index is 10.7. The number of benzene rings is 1. The summed E-state index contributed by atoms with van der Waals surface area (Å²) in [4.78, 5) is 15.0. The normalized spacial score (nSPS) is 12.2. The van der Waals surface area contributed by atoms with E-state index in [4.69, 9.17) is 4.42 Å². The second kappa shape index (κ2) is 6.93. The van der Waals surface area contributed by atoms with Crippen molar-refractivity contribution in [1.29, 1.82) is 0 Å². The molecule has 0 saturated carbocycles. The number of furan rings is 1. The van der Waals surface area contributed by atoms with E-state index in [2.05, 4.69) is 26.0 Å². The molecule has 0 unspecified atom stereocenters. The van der Waals surface area contributed by atoms with Crippen molar-refractivity contribution in [2.24, 2.45) is 10.1 Å². The average Bonchev–Trinajstić information content (AvgIpc) is 3.19. The lowest BCUT2D eigenvalue weighted by atomic mass is 10.2. The summed E-state index contributed by atoms with van der Waals surface area (Å²) in [7, 11) is 1.68. The van der Waals surface area contributed by atoms with Gasteiger partial charge in [0.05, 0.1) is 18.0 Å². The van der Waals surface area contributed by atoms with E-state index in [-0.39, 0.29) is 5.88 Å². The second-order valence-electron chi connectivity index (χ2n) is 4.63. The zero-order valence-corrected chi connectivity index (χ0v) is 14.8. The molecular weight excluding hydrogens is 396 g/mol. The van der Waals surface area contributed by atoms with Gasteiger partial charge in [-0.25, -0.2) is 4.68 Å². The summed E-state index contributed by atoms with van der Waals surface area (Å²) in [5, 5.41) is 17.0. The van der Waals surface area contributed by atoms with Crippen LogP contribution >= 0.6 is 27.3 Å². The fourth-order valence-corrected chi connectivity index (χ4v) is 3.24. The van der Waals surface area contributed by atoms with E-state index in [1.54, 1.807) is 11.7 Å². The van der Waals surface area contributed by atoms with Gasteiger partial charge in [0.2, 0.25) is 4.80 Å². The van der Waals surface area contributed by atoms with Crippen LogP contribution in [-0.4, -0.2) is 22.9 Å². The Morgan fingerprint density at radius 2 is 2.21 bits per heavy atom. The van der Waals surface area contributed by atoms with Gasteiger partial charge < -0.3 is 4.42 Å². The molecule has 0 bridgehead atoms. The van der Waals surface area contributed by atoms with E-state index < -0.39 is 4.92 Å². The molecule has 3 aromatic rings. The molecular formula is C15H11BrN4O3S. The van der Waals surface area contributed by atoms with E-state index in [9.17, 15) is 10.1 Å². The number of hydrogen-bond donors (Lipinski definition) is 0. The minimum Gasteiger partial charge on any atom is -0.400 e. The zero-order chi connectivity index (χ0) is 17.1. The number of rotatable bonds is 4. The van der Waals surface area contributed by atoms with Crippen molar-refractivity contribution < 1.29 is 9.34 Å². The molecule has 0 spiro atoms. The van der Waals surface area contributed by atoms with E-state index >= 15 is 0 Å². The van der Waals surface area contributed by atoms with Crippen LogP contribution in [-0.2, 0) is 0 Å². The minimum absolute atomic E-state index is 0.294. The molecule has 0 amide bonds. The van der Waals surface area contributed by atoms with Crippen LogP contribution in [0, 0.1) is 10.1 Å². The Morgan fingerprint density at radius 1 is 1.38 bits per heavy atom. The summed E-state index contributed by atoms with van der Waals surface area (Å²) in [5.74, 6) is -0.0259. The van der Waals surface area contributed by atoms with Crippen LogP contribution < -0.4 is 4.80 Å². The van der Waals surface area contributed by atoms with Gasteiger partial charge in [-0.15, -0.1) is 11.3 Å². The highest BCUT2D eigenvalue weighted by atomic mass is 79.9. The average molecular weight is 407 g/mol. The first-order valence-electron chi connectivity index (χ1n) is 6.76. The Labute approximate surface area is 148 Å². The van der Waals surface area contributed by atoms with Crippen molar-refractivity contribution in [2.45, 2.75) is 0 Å². The topological polar surface area (TPSA) is 85.9 Å². The number of aromatic nitrogens is 1. The van der Waals surface area contributed by atoms with E-state index in [0.717, 1.165) is 15.7 Å². The van der Waals surface area contributed by atoms with Crippen LogP contribution in [0.25, 0.3) is 11.3 Å². The standard InChI is InChI=1S/C15H11BrN4O3S/c1-17-15-19(18-8-12-5-6-14(23-12)20(21)22)13(9-24-15)10-3-2-4-11(16)7-10/h2-9H,1H3/b17-15?,18-8-. The Balaban J connectivity index is 2.02. The largest absolute Gasteiger partial charge is 0.433 e. The maximum atomic E-state index is 10.7. The molecule has 0 radical (unpaired) electrons. The summed E-state index contributed by atoms with van der Waals surface area (Å²) in [6, 6.07) is 10.6. The highest BCUT2D eigenvalue weighted by Crippen LogP contribution is 2.23. The van der Waals surface area contributed by atoms with Crippen molar-refractivity contribution in [2.75, 3.05) is 7.05 Å². The van der Waals surface area contributed by atoms with Gasteiger partial charge in [-0.2, -0.15) is 5.10 Å². The number of thiazole rings is 1. The molecule has 0 aliphatic carbocycles. The number of nitro groups is 1. The molecule has 9 heteroatoms. The lowest BCUT2D eigenvalue weighted by Crippen LogP contribution is -2.11. The Bertz CT molecular complexity index is 987. The van der Waals surface area contributed by atoms with E-state index in [0.29, 0.717) is 10.6 Å². The first-order chi connectivity index (χ1) is 11.6. The monoisotopic (exact) mass is 406 g/mol. The van der Waals surface area contributed by atoms with E-state index in [1.165, 1.54) is 29.7 Å². The molecule has 0 fully saturated rings. The highest BCUT2D eigenvalue weighted by Gasteiger charge is 2.11. The number of hydrogen-bond acceptors (Lipinski definition) is 6. The summed E-state index contributed by atoms with van der Waals surface area (Å²) < 4.78 is 7.71. The molecule has 7 nitrogen and oxygen atoms in total. The molecule has 0 aliphatic rings. The zero-order valence-electron chi connectivity index (χ0n) is 12.4. The number of nitrogens with zero attached hydrogens (tertiary/aromatic N) is 4. The van der Waals surface area contributed by atoms with Gasteiger partial charge in [0.15, 0.2) is 5.76 Å². The SMILES string of the molecule is CN=c1scc(-c2cccc(Br)c2)n1/N=C\c1ccc([N+](=O)[O-])o1. The molecule has 2 heterocycles. The molecule has 3 rings (SSSR count). The smallest absolute Gasteiger partial charge is 0.400 e. The van der Waals surface area contributed by atoms with Gasteiger partial charge in [0.25, 0.3) is 0 Å². The minimum atomic E-state index is -0.588. The predicted molar refractivity (Wildman–Crippen MR) is 95.3 cm³/mol. The van der Waals surface area contributed by atoms with Crippen molar-refractivity contribution >= 4 is 39.4 Å². The van der Waals surface area contributed by atoms with Gasteiger partial charge in [-0.05, 0) is 18.2 Å². The van der Waals surface area contributed by atoms with Crippen LogP contribution in [0.1, 0.15) is 5.76 Å². The molecule has 1 aromatic carbocycles.